The fourth-order valence-corrected chi connectivity index (χ4v) is 1.25. The molecule has 0 aliphatic heterocycles. The van der Waals surface area contributed by atoms with E-state index in [1.807, 2.05) is 31.2 Å². The molecule has 0 aromatic carbocycles. The third-order valence-corrected chi connectivity index (χ3v) is 1.95. The molecule has 1 aromatic rings. The van der Waals surface area contributed by atoms with E-state index in [1.54, 1.807) is 12.3 Å². The van der Waals surface area contributed by atoms with Crippen LogP contribution in [0.3, 0.4) is 0 Å². The van der Waals surface area contributed by atoms with Crippen molar-refractivity contribution in [2.24, 2.45) is 10.7 Å². The van der Waals surface area contributed by atoms with E-state index in [4.69, 9.17) is 5.41 Å². The van der Waals surface area contributed by atoms with Crippen LogP contribution in [0.15, 0.2) is 54.3 Å². The molecule has 18 heavy (non-hydrogen) atoms. The molecule has 0 radical (unpaired) electrons. The smallest absolute Gasteiger partial charge is 0.0837 e. The molecule has 1 aromatic heterocycles. The molecule has 4 nitrogen and oxygen atoms in total. The lowest BCUT2D eigenvalue weighted by Gasteiger charge is -2.02. The molecular weight excluding hydrogens is 224 g/mol. The number of aromatic nitrogens is 1. The lowest BCUT2D eigenvalue weighted by Crippen LogP contribution is -2.13. The molecule has 1 heterocycles. The Kier molecular flexibility index (Phi) is 8.95. The summed E-state index contributed by atoms with van der Waals surface area (Å²) in [5.41, 5.74) is 6.44. The van der Waals surface area contributed by atoms with Gasteiger partial charge in [-0.3, -0.25) is 9.98 Å². The third kappa shape index (κ3) is 5.86. The summed E-state index contributed by atoms with van der Waals surface area (Å²) in [4.78, 5) is 8.23. The van der Waals surface area contributed by atoms with Crippen LogP contribution in [0.25, 0.3) is 0 Å². The highest BCUT2D eigenvalue weighted by molar-refractivity contribution is 6.45. The zero-order chi connectivity index (χ0) is 13.8. The van der Waals surface area contributed by atoms with Gasteiger partial charge in [-0.1, -0.05) is 18.7 Å². The first-order valence-electron chi connectivity index (χ1n) is 5.64. The van der Waals surface area contributed by atoms with Crippen molar-refractivity contribution in [3.05, 3.63) is 55.0 Å². The van der Waals surface area contributed by atoms with E-state index in [-0.39, 0.29) is 0 Å². The molecule has 0 aliphatic carbocycles. The Morgan fingerprint density at radius 1 is 1.50 bits per heavy atom. The minimum atomic E-state index is 0.441. The first-order valence-corrected chi connectivity index (χ1v) is 5.64. The molecule has 0 atom stereocenters. The topological polar surface area (TPSA) is 75.1 Å². The number of hydrogen-bond donors (Lipinski definition) is 2. The van der Waals surface area contributed by atoms with Crippen LogP contribution in [0.2, 0.25) is 0 Å². The number of nitrogens with zero attached hydrogens (tertiary/aromatic N) is 2. The van der Waals surface area contributed by atoms with Crippen LogP contribution < -0.4 is 5.73 Å². The van der Waals surface area contributed by atoms with Crippen molar-refractivity contribution >= 4 is 11.4 Å². The summed E-state index contributed by atoms with van der Waals surface area (Å²) in [6.07, 6.45) is 7.31. The van der Waals surface area contributed by atoms with Gasteiger partial charge < -0.3 is 11.1 Å². The largest absolute Gasteiger partial charge is 0.333 e. The predicted molar refractivity (Wildman–Crippen MR) is 78.2 cm³/mol. The first-order chi connectivity index (χ1) is 8.77. The van der Waals surface area contributed by atoms with E-state index >= 15 is 0 Å². The summed E-state index contributed by atoms with van der Waals surface area (Å²) in [5.74, 6) is 0. The Hall–Kier alpha value is -2.07. The van der Waals surface area contributed by atoms with Gasteiger partial charge in [0, 0.05) is 24.5 Å². The Bertz CT molecular complexity index is 419. The molecule has 0 saturated carbocycles. The second-order valence-electron chi connectivity index (χ2n) is 3.17. The molecule has 0 amide bonds. The van der Waals surface area contributed by atoms with Crippen molar-refractivity contribution in [2.45, 2.75) is 13.3 Å². The van der Waals surface area contributed by atoms with Gasteiger partial charge in [-0.2, -0.15) is 0 Å². The molecule has 4 heteroatoms. The second-order valence-corrected chi connectivity index (χ2v) is 3.17. The van der Waals surface area contributed by atoms with E-state index in [1.165, 1.54) is 13.2 Å². The summed E-state index contributed by atoms with van der Waals surface area (Å²) >= 11 is 0. The number of nitrogens with two attached hydrogens (primary N) is 1. The highest BCUT2D eigenvalue weighted by atomic mass is 14.7. The van der Waals surface area contributed by atoms with Gasteiger partial charge in [-0.05, 0) is 32.2 Å². The normalized spacial score (nSPS) is 10.7. The van der Waals surface area contributed by atoms with Crippen molar-refractivity contribution in [2.75, 3.05) is 7.05 Å². The van der Waals surface area contributed by atoms with Gasteiger partial charge in [-0.15, -0.1) is 0 Å². The van der Waals surface area contributed by atoms with Crippen molar-refractivity contribution < 1.29 is 0 Å². The molecular formula is C14H20N4. The Labute approximate surface area is 108 Å². The van der Waals surface area contributed by atoms with Gasteiger partial charge in [0.2, 0.25) is 0 Å². The number of rotatable bonds is 5. The van der Waals surface area contributed by atoms with Crippen molar-refractivity contribution in [1.82, 2.24) is 4.98 Å². The zero-order valence-corrected chi connectivity index (χ0v) is 10.9. The average molecular weight is 244 g/mol. The second kappa shape index (κ2) is 10.1. The quantitative estimate of drug-likeness (QED) is 0.780. The molecule has 3 N–H and O–H groups in total. The fraction of sp³-hybridized carbons (Fsp3) is 0.214. The summed E-state index contributed by atoms with van der Waals surface area (Å²) in [6, 6.07) is 5.67. The SMILES string of the molecule is C=CN=C(/C=C\C)C(=N)Cc1ccccn1.CN. The maximum absolute atomic E-state index is 7.92. The zero-order valence-electron chi connectivity index (χ0n) is 10.9. The summed E-state index contributed by atoms with van der Waals surface area (Å²) in [5, 5.41) is 7.92. The van der Waals surface area contributed by atoms with Gasteiger partial charge in [-0.25, -0.2) is 0 Å². The predicted octanol–water partition coefficient (Wildman–Crippen LogP) is 2.38. The van der Waals surface area contributed by atoms with Gasteiger partial charge in [0.25, 0.3) is 0 Å². The Morgan fingerprint density at radius 3 is 2.72 bits per heavy atom. The van der Waals surface area contributed by atoms with Crippen LogP contribution in [-0.4, -0.2) is 23.5 Å². The average Bonchev–Trinajstić information content (AvgIpc) is 2.42. The number of aliphatic imine (C=N–C) groups is 1. The molecule has 0 spiro atoms. The van der Waals surface area contributed by atoms with Crippen LogP contribution in [0.5, 0.6) is 0 Å². The third-order valence-electron chi connectivity index (χ3n) is 1.95. The monoisotopic (exact) mass is 244 g/mol. The van der Waals surface area contributed by atoms with E-state index < -0.39 is 0 Å². The van der Waals surface area contributed by atoms with E-state index in [2.05, 4.69) is 22.3 Å². The molecule has 0 saturated heterocycles. The summed E-state index contributed by atoms with van der Waals surface area (Å²) in [6.45, 7) is 5.43. The van der Waals surface area contributed by atoms with Crippen LogP contribution in [-0.2, 0) is 6.42 Å². The van der Waals surface area contributed by atoms with Gasteiger partial charge in [0.15, 0.2) is 0 Å². The highest BCUT2D eigenvalue weighted by Gasteiger charge is 2.04. The Morgan fingerprint density at radius 2 is 2.22 bits per heavy atom. The fourth-order valence-electron chi connectivity index (χ4n) is 1.25. The number of pyridine rings is 1. The maximum atomic E-state index is 7.92. The van der Waals surface area contributed by atoms with Crippen molar-refractivity contribution in [1.29, 1.82) is 5.41 Å². The maximum Gasteiger partial charge on any atom is 0.0837 e. The minimum Gasteiger partial charge on any atom is -0.333 e. The summed E-state index contributed by atoms with van der Waals surface area (Å²) < 4.78 is 0. The van der Waals surface area contributed by atoms with Crippen molar-refractivity contribution in [3.8, 4) is 0 Å². The highest BCUT2D eigenvalue weighted by Crippen LogP contribution is 1.99. The van der Waals surface area contributed by atoms with E-state index in [9.17, 15) is 0 Å². The molecule has 0 fully saturated rings. The minimum absolute atomic E-state index is 0.441. The Balaban J connectivity index is 0.00000137. The van der Waals surface area contributed by atoms with Gasteiger partial charge in [0.05, 0.1) is 11.4 Å². The lowest BCUT2D eigenvalue weighted by molar-refractivity contribution is 1.14. The summed E-state index contributed by atoms with van der Waals surface area (Å²) in [7, 11) is 1.50. The van der Waals surface area contributed by atoms with Crippen LogP contribution in [0.1, 0.15) is 12.6 Å². The molecule has 0 unspecified atom stereocenters. The van der Waals surface area contributed by atoms with Gasteiger partial charge >= 0.3 is 0 Å². The van der Waals surface area contributed by atoms with E-state index in [0.29, 0.717) is 17.8 Å². The van der Waals surface area contributed by atoms with Crippen molar-refractivity contribution in [3.63, 3.8) is 0 Å². The van der Waals surface area contributed by atoms with Crippen LogP contribution >= 0.6 is 0 Å². The first kappa shape index (κ1) is 15.9. The molecule has 0 bridgehead atoms. The van der Waals surface area contributed by atoms with E-state index in [0.717, 1.165) is 5.69 Å². The van der Waals surface area contributed by atoms with Gasteiger partial charge in [0.1, 0.15) is 0 Å². The molecule has 1 rings (SSSR count). The molecule has 0 aliphatic rings. The van der Waals surface area contributed by atoms with Crippen LogP contribution in [0, 0.1) is 5.41 Å². The number of nitrogens with one attached hydrogen (secondary N) is 1. The standard InChI is InChI=1S/C13H15N3.CH5N/c1-3-7-13(15-4-2)12(14)10-11-8-5-6-9-16-11;1-2/h3-9,14H,2,10H2,1H3;2H2,1H3/b7-3-,14-12?,15-13?;. The molecule has 96 valence electrons. The lowest BCUT2D eigenvalue weighted by atomic mass is 10.1. The number of allylic oxidation sites excluding steroid dienone is 2. The number of hydrogen-bond acceptors (Lipinski definition) is 4. The van der Waals surface area contributed by atoms with Crippen LogP contribution in [0.4, 0.5) is 0 Å².